The number of piperidine rings is 1. The molecule has 8 nitrogen and oxygen atoms in total. The number of carboxylic acid groups (broad SMARTS) is 1. The quantitative estimate of drug-likeness (QED) is 0.598. The molecule has 1 aromatic rings. The second kappa shape index (κ2) is 10.8. The average Bonchev–Trinajstić information content (AvgIpc) is 3.48. The molecular formula is C23H32F3N3O5S. The summed E-state index contributed by atoms with van der Waals surface area (Å²) in [4.78, 5) is 26.0. The fraction of sp³-hybridized carbons (Fsp3) is 0.652. The molecule has 2 heterocycles. The molecule has 2 unspecified atom stereocenters. The normalized spacial score (nSPS) is 25.3. The number of carbonyl (C=O) groups is 2. The van der Waals surface area contributed by atoms with Crippen LogP contribution in [-0.2, 0) is 26.2 Å². The van der Waals surface area contributed by atoms with Crippen LogP contribution in [0, 0.1) is 11.3 Å². The fourth-order valence-electron chi connectivity index (χ4n) is 4.89. The van der Waals surface area contributed by atoms with Gasteiger partial charge >= 0.3 is 12.1 Å². The zero-order valence-corrected chi connectivity index (χ0v) is 20.4. The van der Waals surface area contributed by atoms with Crippen LogP contribution in [0.5, 0.6) is 0 Å². The van der Waals surface area contributed by atoms with Crippen molar-refractivity contribution in [2.45, 2.75) is 50.9 Å². The number of likely N-dealkylation sites (tertiary alicyclic amines) is 2. The number of hydrogen-bond donors (Lipinski definition) is 2. The lowest BCUT2D eigenvalue weighted by atomic mass is 9.75. The minimum absolute atomic E-state index is 0.103. The number of nitrogens with zero attached hydrogens (tertiary/aromatic N) is 2. The largest absolute Gasteiger partial charge is 0.490 e. The molecule has 1 spiro atoms. The number of hydrogen-bond acceptors (Lipinski definition) is 5. The second-order valence-electron chi connectivity index (χ2n) is 9.81. The van der Waals surface area contributed by atoms with E-state index in [4.69, 9.17) is 9.90 Å². The minimum atomic E-state index is -5.08. The third-order valence-electron chi connectivity index (χ3n) is 6.76. The number of amides is 1. The van der Waals surface area contributed by atoms with Gasteiger partial charge in [0.1, 0.15) is 0 Å². The number of rotatable bonds is 6. The Labute approximate surface area is 203 Å². The molecule has 0 aromatic heterocycles. The van der Waals surface area contributed by atoms with Crippen LogP contribution >= 0.6 is 0 Å². The minimum Gasteiger partial charge on any atom is -0.475 e. The van der Waals surface area contributed by atoms with Crippen molar-refractivity contribution in [3.63, 3.8) is 0 Å². The molecule has 1 aliphatic carbocycles. The van der Waals surface area contributed by atoms with E-state index in [0.29, 0.717) is 31.8 Å². The van der Waals surface area contributed by atoms with Gasteiger partial charge in [0.05, 0.1) is 6.26 Å². The van der Waals surface area contributed by atoms with E-state index in [0.717, 1.165) is 26.1 Å². The van der Waals surface area contributed by atoms with E-state index in [-0.39, 0.29) is 17.4 Å². The molecule has 2 saturated heterocycles. The van der Waals surface area contributed by atoms with Gasteiger partial charge in [-0.1, -0.05) is 30.3 Å². The molecule has 2 aliphatic heterocycles. The molecule has 0 radical (unpaired) electrons. The molecule has 4 rings (SSSR count). The summed E-state index contributed by atoms with van der Waals surface area (Å²) in [6.45, 7) is 3.93. The summed E-state index contributed by atoms with van der Waals surface area (Å²) in [6.07, 6.45) is 0.778. The first kappa shape index (κ1) is 27.4. The van der Waals surface area contributed by atoms with Crippen LogP contribution in [0.2, 0.25) is 0 Å². The molecular weight excluding hydrogens is 487 g/mol. The van der Waals surface area contributed by atoms with E-state index in [9.17, 15) is 26.4 Å². The van der Waals surface area contributed by atoms with Gasteiger partial charge in [0.15, 0.2) is 0 Å². The highest BCUT2D eigenvalue weighted by Crippen LogP contribution is 2.41. The number of benzene rings is 1. The van der Waals surface area contributed by atoms with Gasteiger partial charge in [0.2, 0.25) is 15.9 Å². The first-order chi connectivity index (χ1) is 16.3. The van der Waals surface area contributed by atoms with Crippen molar-refractivity contribution in [3.05, 3.63) is 35.9 Å². The van der Waals surface area contributed by atoms with Gasteiger partial charge in [0.25, 0.3) is 0 Å². The lowest BCUT2D eigenvalue weighted by Crippen LogP contribution is -2.60. The topological polar surface area (TPSA) is 107 Å². The standard InChI is InChI=1S/C21H31N3O3S.C2HF3O2/c1-28(26,27)22-19-9-11-24(20(25)13-17-7-8-17)16-21(19)10-12-23(15-21)14-18-5-3-2-4-6-18;3-2(4,5)1(6)7/h2-6,17,19,22H,7-16H2,1H3;(H,6,7). The number of sulfonamides is 1. The lowest BCUT2D eigenvalue weighted by molar-refractivity contribution is -0.192. The molecule has 2 atom stereocenters. The van der Waals surface area contributed by atoms with Gasteiger partial charge in [-0.2, -0.15) is 13.2 Å². The third-order valence-corrected chi connectivity index (χ3v) is 7.47. The molecule has 12 heteroatoms. The highest BCUT2D eigenvalue weighted by Gasteiger charge is 2.49. The van der Waals surface area contributed by atoms with Crippen LogP contribution in [-0.4, -0.2) is 79.9 Å². The highest BCUT2D eigenvalue weighted by atomic mass is 32.2. The van der Waals surface area contributed by atoms with Crippen molar-refractivity contribution >= 4 is 21.9 Å². The van der Waals surface area contributed by atoms with E-state index in [2.05, 4.69) is 21.8 Å². The van der Waals surface area contributed by atoms with E-state index >= 15 is 0 Å². The van der Waals surface area contributed by atoms with Crippen LogP contribution in [0.1, 0.15) is 37.7 Å². The number of carboxylic acids is 1. The molecule has 3 fully saturated rings. The summed E-state index contributed by atoms with van der Waals surface area (Å²) in [5, 5.41) is 7.12. The van der Waals surface area contributed by atoms with E-state index in [1.165, 1.54) is 24.7 Å². The van der Waals surface area contributed by atoms with Crippen LogP contribution in [0.25, 0.3) is 0 Å². The summed E-state index contributed by atoms with van der Waals surface area (Å²) in [5.74, 6) is -1.93. The zero-order valence-electron chi connectivity index (χ0n) is 19.6. The summed E-state index contributed by atoms with van der Waals surface area (Å²) < 4.78 is 58.6. The van der Waals surface area contributed by atoms with Crippen LogP contribution in [0.15, 0.2) is 30.3 Å². The maximum atomic E-state index is 12.7. The van der Waals surface area contributed by atoms with Crippen molar-refractivity contribution in [2.75, 3.05) is 32.4 Å². The van der Waals surface area contributed by atoms with Crippen molar-refractivity contribution < 1.29 is 36.3 Å². The number of carbonyl (C=O) groups excluding carboxylic acids is 1. The monoisotopic (exact) mass is 519 g/mol. The maximum absolute atomic E-state index is 12.7. The zero-order chi connectivity index (χ0) is 25.9. The number of halogens is 3. The number of alkyl halides is 3. The summed E-state index contributed by atoms with van der Waals surface area (Å²) in [6, 6.07) is 10.3. The first-order valence-electron chi connectivity index (χ1n) is 11.6. The SMILES string of the molecule is CS(=O)(=O)NC1CCN(C(=O)CC2CC2)CC12CCN(Cc1ccccc1)C2.O=C(O)C(F)(F)F. The van der Waals surface area contributed by atoms with Crippen LogP contribution in [0.4, 0.5) is 13.2 Å². The van der Waals surface area contributed by atoms with Gasteiger partial charge in [0, 0.05) is 44.1 Å². The Morgan fingerprint density at radius 2 is 1.74 bits per heavy atom. The Bertz CT molecular complexity index is 1000. The van der Waals surface area contributed by atoms with Crippen molar-refractivity contribution in [2.24, 2.45) is 11.3 Å². The lowest BCUT2D eigenvalue weighted by Gasteiger charge is -2.46. The van der Waals surface area contributed by atoms with Gasteiger partial charge in [-0.05, 0) is 43.7 Å². The predicted molar refractivity (Wildman–Crippen MR) is 123 cm³/mol. The van der Waals surface area contributed by atoms with Crippen molar-refractivity contribution in [1.29, 1.82) is 0 Å². The Morgan fingerprint density at radius 1 is 1.11 bits per heavy atom. The third kappa shape index (κ3) is 8.18. The molecule has 0 bridgehead atoms. The smallest absolute Gasteiger partial charge is 0.475 e. The maximum Gasteiger partial charge on any atom is 0.490 e. The first-order valence-corrected chi connectivity index (χ1v) is 13.5. The molecule has 1 aromatic carbocycles. The van der Waals surface area contributed by atoms with Gasteiger partial charge < -0.3 is 10.0 Å². The Hall–Kier alpha value is -2.18. The summed E-state index contributed by atoms with van der Waals surface area (Å²) in [7, 11) is -3.28. The van der Waals surface area contributed by atoms with E-state index in [1.54, 1.807) is 0 Å². The fourth-order valence-corrected chi connectivity index (χ4v) is 5.77. The number of nitrogens with one attached hydrogen (secondary N) is 1. The highest BCUT2D eigenvalue weighted by molar-refractivity contribution is 7.88. The van der Waals surface area contributed by atoms with Gasteiger partial charge in [-0.3, -0.25) is 9.69 Å². The molecule has 1 saturated carbocycles. The van der Waals surface area contributed by atoms with E-state index in [1.807, 2.05) is 23.1 Å². The summed E-state index contributed by atoms with van der Waals surface area (Å²) in [5.41, 5.74) is 1.07. The number of aliphatic carboxylic acids is 1. The van der Waals surface area contributed by atoms with Crippen LogP contribution in [0.3, 0.4) is 0 Å². The molecule has 1 amide bonds. The summed E-state index contributed by atoms with van der Waals surface area (Å²) >= 11 is 0. The van der Waals surface area contributed by atoms with Gasteiger partial charge in [-0.15, -0.1) is 0 Å². The second-order valence-corrected chi connectivity index (χ2v) is 11.6. The van der Waals surface area contributed by atoms with Crippen molar-refractivity contribution in [3.8, 4) is 0 Å². The van der Waals surface area contributed by atoms with E-state index < -0.39 is 22.2 Å². The van der Waals surface area contributed by atoms with Crippen LogP contribution < -0.4 is 4.72 Å². The predicted octanol–water partition coefficient (Wildman–Crippen LogP) is 2.46. The molecule has 35 heavy (non-hydrogen) atoms. The molecule has 2 N–H and O–H groups in total. The molecule has 196 valence electrons. The average molecular weight is 520 g/mol. The Balaban J connectivity index is 0.000000429. The Morgan fingerprint density at radius 3 is 2.29 bits per heavy atom. The Kier molecular flexibility index (Phi) is 8.48. The molecule has 3 aliphatic rings. The van der Waals surface area contributed by atoms with Crippen molar-refractivity contribution in [1.82, 2.24) is 14.5 Å². The van der Waals surface area contributed by atoms with Gasteiger partial charge in [-0.25, -0.2) is 17.9 Å².